The first-order valence-corrected chi connectivity index (χ1v) is 7.64. The van der Waals surface area contributed by atoms with Gasteiger partial charge in [0.2, 0.25) is 11.6 Å². The molecule has 0 saturated heterocycles. The van der Waals surface area contributed by atoms with Crippen molar-refractivity contribution in [3.8, 4) is 0 Å². The first-order chi connectivity index (χ1) is 11.5. The Hall–Kier alpha value is -2.49. The smallest absolute Gasteiger partial charge is 0.320 e. The number of hydrogen-bond donors (Lipinski definition) is 3. The molecule has 4 N–H and O–H groups in total. The van der Waals surface area contributed by atoms with Gasteiger partial charge in [0.15, 0.2) is 23.7 Å². The number of halogens is 1. The van der Waals surface area contributed by atoms with Crippen LogP contribution in [0.1, 0.15) is 33.2 Å². The number of H-pyrrole nitrogens is 1. The first kappa shape index (κ1) is 17.3. The Balaban J connectivity index is 0.00000182. The average Bonchev–Trinajstić information content (AvgIpc) is 2.59. The van der Waals surface area contributed by atoms with Gasteiger partial charge in [-0.1, -0.05) is 24.3 Å². The van der Waals surface area contributed by atoms with Crippen LogP contribution in [-0.4, -0.2) is 22.6 Å². The number of nitrogens with two attached hydrogens (primary N) is 1. The molecule has 2 aliphatic rings. The highest BCUT2D eigenvalue weighted by molar-refractivity contribution is 6.28. The molecule has 0 saturated carbocycles. The number of aromatic nitrogens is 2. The minimum atomic E-state index is -0.875. The summed E-state index contributed by atoms with van der Waals surface area (Å²) >= 11 is 0. The second kappa shape index (κ2) is 6.10. The maximum absolute atomic E-state index is 12.8. The van der Waals surface area contributed by atoms with Crippen molar-refractivity contribution in [1.82, 2.24) is 4.98 Å². The number of carbonyl (C=O) groups is 2. The van der Waals surface area contributed by atoms with Crippen LogP contribution in [0.5, 0.6) is 0 Å². The van der Waals surface area contributed by atoms with Crippen molar-refractivity contribution in [1.29, 1.82) is 0 Å². The molecule has 1 aliphatic carbocycles. The van der Waals surface area contributed by atoms with E-state index in [1.54, 1.807) is 28.8 Å². The highest BCUT2D eigenvalue weighted by Gasteiger charge is 2.45. The maximum Gasteiger partial charge on any atom is 0.320 e. The van der Waals surface area contributed by atoms with Crippen molar-refractivity contribution >= 4 is 23.1 Å². The summed E-state index contributed by atoms with van der Waals surface area (Å²) in [6.07, 6.45) is 1.52. The lowest BCUT2D eigenvalue weighted by atomic mass is 9.79. The van der Waals surface area contributed by atoms with Gasteiger partial charge < -0.3 is 29.7 Å². The first-order valence-electron chi connectivity index (χ1n) is 7.64. The van der Waals surface area contributed by atoms with Crippen molar-refractivity contribution in [3.63, 3.8) is 0 Å². The number of ketones is 2. The van der Waals surface area contributed by atoms with E-state index in [-0.39, 0.29) is 52.4 Å². The lowest BCUT2D eigenvalue weighted by Gasteiger charge is -2.29. The van der Waals surface area contributed by atoms with E-state index >= 15 is 0 Å². The Kier molecular flexibility index (Phi) is 4.23. The number of nitrogens with one attached hydrogen (secondary N) is 2. The van der Waals surface area contributed by atoms with Crippen LogP contribution in [0.25, 0.3) is 5.70 Å². The van der Waals surface area contributed by atoms with Crippen molar-refractivity contribution in [2.75, 3.05) is 5.32 Å². The Morgan fingerprint density at radius 3 is 2.52 bits per heavy atom. The Labute approximate surface area is 160 Å². The number of aryl methyl sites for hydroxylation is 1. The summed E-state index contributed by atoms with van der Waals surface area (Å²) in [5.74, 6) is -0.0954. The zero-order chi connectivity index (χ0) is 17.0. The van der Waals surface area contributed by atoms with E-state index < -0.39 is 11.6 Å². The molecule has 1 aromatic heterocycles. The van der Waals surface area contributed by atoms with Crippen LogP contribution >= 0.6 is 0 Å². The fourth-order valence-corrected chi connectivity index (χ4v) is 3.32. The number of fused-ring (bicyclic) bond motifs is 3. The van der Waals surface area contributed by atoms with Crippen molar-refractivity contribution in [2.24, 2.45) is 5.73 Å². The summed E-state index contributed by atoms with van der Waals surface area (Å²) in [5.41, 5.74) is 6.86. The fraction of sp³-hybridized carbons (Fsp3) is 0.176. The van der Waals surface area contributed by atoms with E-state index in [9.17, 15) is 14.4 Å². The number of Topliss-reactive ketones (excluding diaryl/α,β-unsaturated/α-hetero) is 2. The summed E-state index contributed by atoms with van der Waals surface area (Å²) in [6, 6.07) is 5.77. The largest absolute Gasteiger partial charge is 1.00 e. The van der Waals surface area contributed by atoms with Crippen molar-refractivity contribution < 1.29 is 38.1 Å². The summed E-state index contributed by atoms with van der Waals surface area (Å²) < 4.78 is 1.75. The highest BCUT2D eigenvalue weighted by Crippen LogP contribution is 2.34. The van der Waals surface area contributed by atoms with Gasteiger partial charge in [-0.2, -0.15) is 0 Å². The third kappa shape index (κ3) is 2.31. The highest BCUT2D eigenvalue weighted by atomic mass is 127. The quantitative estimate of drug-likeness (QED) is 0.322. The summed E-state index contributed by atoms with van der Waals surface area (Å²) in [5, 5.41) is 3.05. The third-order valence-corrected chi connectivity index (χ3v) is 4.52. The number of rotatable bonds is 1. The van der Waals surface area contributed by atoms with Crippen LogP contribution in [0, 0.1) is 0 Å². The number of carbonyl (C=O) groups excluding carboxylic acids is 2. The van der Waals surface area contributed by atoms with Crippen LogP contribution in [-0.2, 0) is 6.54 Å². The molecule has 128 valence electrons. The van der Waals surface area contributed by atoms with Crippen LogP contribution in [0.2, 0.25) is 0 Å². The van der Waals surface area contributed by atoms with Crippen molar-refractivity contribution in [3.05, 3.63) is 63.2 Å². The number of aromatic amines is 1. The van der Waals surface area contributed by atoms with Gasteiger partial charge in [-0.25, -0.2) is 9.55 Å². The predicted octanol–water partition coefficient (Wildman–Crippen LogP) is -2.77. The molecular formula is C17H15IN4O3. The second-order valence-corrected chi connectivity index (χ2v) is 5.76. The lowest BCUT2D eigenvalue weighted by molar-refractivity contribution is -0.683. The molecule has 0 radical (unpaired) electrons. The second-order valence-electron chi connectivity index (χ2n) is 5.76. The van der Waals surface area contributed by atoms with Gasteiger partial charge in [-0.3, -0.25) is 19.7 Å². The normalized spacial score (nSPS) is 17.9. The Morgan fingerprint density at radius 1 is 1.16 bits per heavy atom. The molecule has 0 spiro atoms. The molecular weight excluding hydrogens is 435 g/mol. The molecule has 7 nitrogen and oxygen atoms in total. The zero-order valence-electron chi connectivity index (χ0n) is 13.3. The van der Waals surface area contributed by atoms with Crippen LogP contribution in [0.4, 0.5) is 5.82 Å². The van der Waals surface area contributed by atoms with Gasteiger partial charge in [0.1, 0.15) is 0 Å². The van der Waals surface area contributed by atoms with Crippen molar-refractivity contribution in [2.45, 2.75) is 19.5 Å². The molecule has 0 fully saturated rings. The average molecular weight is 450 g/mol. The molecule has 25 heavy (non-hydrogen) atoms. The minimum absolute atomic E-state index is 0. The van der Waals surface area contributed by atoms with E-state index in [1.165, 1.54) is 6.33 Å². The van der Waals surface area contributed by atoms with Crippen LogP contribution in [0.15, 0.2) is 41.0 Å². The van der Waals surface area contributed by atoms with Gasteiger partial charge in [-0.05, 0) is 6.92 Å². The number of benzene rings is 1. The molecule has 1 unspecified atom stereocenters. The van der Waals surface area contributed by atoms with E-state index in [0.29, 0.717) is 23.5 Å². The molecule has 2 aromatic rings. The van der Waals surface area contributed by atoms with Gasteiger partial charge in [0, 0.05) is 11.1 Å². The molecule has 1 aliphatic heterocycles. The zero-order valence-corrected chi connectivity index (χ0v) is 15.5. The molecule has 8 heteroatoms. The molecule has 0 bridgehead atoms. The van der Waals surface area contributed by atoms with Gasteiger partial charge in [0.25, 0.3) is 0 Å². The SMILES string of the molecule is CC[n+]1c[nH]c(=O)c2c1NC1C(=O)c3ccccc3C(=O)C1=C2N.[I-]. The van der Waals surface area contributed by atoms with Gasteiger partial charge >= 0.3 is 5.56 Å². The lowest BCUT2D eigenvalue weighted by Crippen LogP contribution is -3.00. The van der Waals surface area contributed by atoms with Gasteiger partial charge in [0.05, 0.1) is 17.8 Å². The van der Waals surface area contributed by atoms with E-state index in [0.717, 1.165) is 0 Å². The molecule has 4 rings (SSSR count). The predicted molar refractivity (Wildman–Crippen MR) is 86.6 cm³/mol. The third-order valence-electron chi connectivity index (χ3n) is 4.52. The van der Waals surface area contributed by atoms with E-state index in [1.807, 2.05) is 6.92 Å². The van der Waals surface area contributed by atoms with Crippen LogP contribution in [0.3, 0.4) is 0 Å². The standard InChI is InChI=1S/C17H14N4O3.HI/c1-2-21-7-19-17(24)11-12(18)10-13(20-16(11)21)15(23)9-6-4-3-5-8(9)14(10)22;/h3-7,13H,2H2,1H3,(H3,18,20,22,24);1H. The topological polar surface area (TPSA) is 109 Å². The van der Waals surface area contributed by atoms with Crippen LogP contribution < -0.4 is 45.2 Å². The fourth-order valence-electron chi connectivity index (χ4n) is 3.32. The van der Waals surface area contributed by atoms with Gasteiger partial charge in [-0.15, -0.1) is 0 Å². The van der Waals surface area contributed by atoms with E-state index in [2.05, 4.69) is 10.3 Å². The molecule has 1 aromatic carbocycles. The maximum atomic E-state index is 12.8. The summed E-state index contributed by atoms with van der Waals surface area (Å²) in [6.45, 7) is 2.47. The van der Waals surface area contributed by atoms with E-state index in [4.69, 9.17) is 5.73 Å². The number of hydrogen-bond acceptors (Lipinski definition) is 5. The summed E-state index contributed by atoms with van der Waals surface area (Å²) in [4.78, 5) is 40.5. The monoisotopic (exact) mass is 450 g/mol. The Bertz CT molecular complexity index is 1010. The Morgan fingerprint density at radius 2 is 1.84 bits per heavy atom. The molecule has 1 atom stereocenters. The molecule has 0 amide bonds. The number of nitrogens with zero attached hydrogens (tertiary/aromatic N) is 1. The summed E-state index contributed by atoms with van der Waals surface area (Å²) in [7, 11) is 0. The number of anilines is 1. The molecule has 2 heterocycles. The minimum Gasteiger partial charge on any atom is -1.00 e.